The molecule has 2 aliphatic heterocycles. The van der Waals surface area contributed by atoms with Crippen LogP contribution in [0, 0.1) is 5.82 Å². The van der Waals surface area contributed by atoms with Gasteiger partial charge in [0.15, 0.2) is 0 Å². The van der Waals surface area contributed by atoms with Gasteiger partial charge in [0.05, 0.1) is 18.3 Å². The Labute approximate surface area is 154 Å². The Hall–Kier alpha value is -1.91. The highest BCUT2D eigenvalue weighted by molar-refractivity contribution is 5.40. The van der Waals surface area contributed by atoms with E-state index in [2.05, 4.69) is 29.2 Å². The Balaban J connectivity index is 1.64. The lowest BCUT2D eigenvalue weighted by atomic mass is 9.72. The molecule has 2 aliphatic rings. The second-order valence-electron chi connectivity index (χ2n) is 7.65. The summed E-state index contributed by atoms with van der Waals surface area (Å²) in [4.78, 5) is 2.51. The van der Waals surface area contributed by atoms with Crippen LogP contribution < -0.4 is 4.74 Å². The van der Waals surface area contributed by atoms with Crippen LogP contribution in [0.25, 0.3) is 0 Å². The minimum absolute atomic E-state index is 0.261. The van der Waals surface area contributed by atoms with Gasteiger partial charge in [-0.2, -0.15) is 0 Å². The van der Waals surface area contributed by atoms with Crippen LogP contribution in [-0.4, -0.2) is 29.2 Å². The summed E-state index contributed by atoms with van der Waals surface area (Å²) in [6.07, 6.45) is 4.36. The van der Waals surface area contributed by atoms with E-state index in [1.807, 2.05) is 6.07 Å². The van der Waals surface area contributed by atoms with Crippen molar-refractivity contribution in [3.05, 3.63) is 65.5 Å². The summed E-state index contributed by atoms with van der Waals surface area (Å²) in [7, 11) is 1.53. The number of ether oxygens (including phenoxy) is 1. The summed E-state index contributed by atoms with van der Waals surface area (Å²) in [6.45, 7) is 0.890. The molecule has 0 amide bonds. The lowest BCUT2D eigenvalue weighted by Crippen LogP contribution is -2.56. The Morgan fingerprint density at radius 2 is 1.77 bits per heavy atom. The second kappa shape index (κ2) is 7.01. The number of halogens is 1. The number of hydrogen-bond donors (Lipinski definition) is 1. The first-order valence-corrected chi connectivity index (χ1v) is 9.46. The van der Waals surface area contributed by atoms with Gasteiger partial charge in [0.25, 0.3) is 0 Å². The molecule has 2 atom stereocenters. The van der Waals surface area contributed by atoms with Gasteiger partial charge in [-0.15, -0.1) is 0 Å². The number of nitrogens with zero attached hydrogens (tertiary/aromatic N) is 1. The summed E-state index contributed by atoms with van der Waals surface area (Å²) in [5, 5.41) is 11.5. The van der Waals surface area contributed by atoms with Crippen LogP contribution in [0.5, 0.6) is 5.75 Å². The third-order valence-corrected chi connectivity index (χ3v) is 6.03. The Kier molecular flexibility index (Phi) is 4.72. The molecule has 0 aromatic heterocycles. The van der Waals surface area contributed by atoms with E-state index in [1.54, 1.807) is 12.1 Å². The van der Waals surface area contributed by atoms with E-state index in [4.69, 9.17) is 4.74 Å². The molecule has 3 nitrogen and oxygen atoms in total. The predicted molar refractivity (Wildman–Crippen MR) is 99.5 cm³/mol. The summed E-state index contributed by atoms with van der Waals surface area (Å²) in [5.41, 5.74) is 0.455. The summed E-state index contributed by atoms with van der Waals surface area (Å²) in [5.74, 6) is 0.0727. The van der Waals surface area contributed by atoms with Crippen LogP contribution in [0.4, 0.5) is 4.39 Å². The average molecular weight is 355 g/mol. The van der Waals surface area contributed by atoms with Crippen LogP contribution in [0.2, 0.25) is 0 Å². The van der Waals surface area contributed by atoms with Gasteiger partial charge in [-0.05, 0) is 43.4 Å². The normalized spacial score (nSPS) is 28.7. The first-order chi connectivity index (χ1) is 12.6. The molecule has 1 N–H and O–H groups in total. The second-order valence-corrected chi connectivity index (χ2v) is 7.65. The topological polar surface area (TPSA) is 32.7 Å². The number of benzene rings is 2. The molecular formula is C22H26FNO2. The van der Waals surface area contributed by atoms with Crippen molar-refractivity contribution >= 4 is 0 Å². The molecule has 138 valence electrons. The third-order valence-electron chi connectivity index (χ3n) is 6.03. The van der Waals surface area contributed by atoms with Crippen molar-refractivity contribution in [2.45, 2.75) is 56.3 Å². The van der Waals surface area contributed by atoms with Gasteiger partial charge in [-0.1, -0.05) is 42.8 Å². The number of aliphatic hydroxyl groups is 1. The van der Waals surface area contributed by atoms with Crippen molar-refractivity contribution < 1.29 is 14.2 Å². The van der Waals surface area contributed by atoms with Crippen molar-refractivity contribution in [1.82, 2.24) is 4.90 Å². The van der Waals surface area contributed by atoms with Gasteiger partial charge >= 0.3 is 0 Å². The van der Waals surface area contributed by atoms with Gasteiger partial charge in [0.1, 0.15) is 11.6 Å². The average Bonchev–Trinajstić information content (AvgIpc) is 2.63. The molecule has 0 spiro atoms. The molecule has 2 heterocycles. The highest BCUT2D eigenvalue weighted by Crippen LogP contribution is 2.47. The third kappa shape index (κ3) is 3.12. The van der Waals surface area contributed by atoms with E-state index < -0.39 is 5.60 Å². The molecule has 2 bridgehead atoms. The van der Waals surface area contributed by atoms with E-state index in [9.17, 15) is 9.50 Å². The maximum absolute atomic E-state index is 14.6. The highest BCUT2D eigenvalue weighted by Gasteiger charge is 2.48. The van der Waals surface area contributed by atoms with Gasteiger partial charge in [-0.3, -0.25) is 4.90 Å². The molecule has 0 saturated carbocycles. The maximum atomic E-state index is 14.6. The lowest BCUT2D eigenvalue weighted by Gasteiger charge is -2.52. The van der Waals surface area contributed by atoms with E-state index in [1.165, 1.54) is 25.2 Å². The summed E-state index contributed by atoms with van der Waals surface area (Å²) in [6, 6.07) is 15.8. The molecule has 2 aromatic rings. The van der Waals surface area contributed by atoms with Crippen LogP contribution in [0.15, 0.2) is 48.5 Å². The van der Waals surface area contributed by atoms with E-state index in [-0.39, 0.29) is 17.9 Å². The van der Waals surface area contributed by atoms with E-state index >= 15 is 0 Å². The predicted octanol–water partition coefficient (Wildman–Crippen LogP) is 4.24. The van der Waals surface area contributed by atoms with Crippen LogP contribution in [0.1, 0.15) is 43.2 Å². The monoisotopic (exact) mass is 355 g/mol. The fourth-order valence-electron chi connectivity index (χ4n) is 4.90. The molecule has 4 heteroatoms. The zero-order valence-electron chi connectivity index (χ0n) is 15.2. The number of fused-ring (bicyclic) bond motifs is 2. The zero-order valence-corrected chi connectivity index (χ0v) is 15.2. The maximum Gasteiger partial charge on any atom is 0.133 e. The molecular weight excluding hydrogens is 329 g/mol. The summed E-state index contributed by atoms with van der Waals surface area (Å²) < 4.78 is 20.0. The fraction of sp³-hybridized carbons (Fsp3) is 0.455. The molecule has 2 saturated heterocycles. The van der Waals surface area contributed by atoms with Crippen molar-refractivity contribution in [3.63, 3.8) is 0 Å². The smallest absolute Gasteiger partial charge is 0.133 e. The van der Waals surface area contributed by atoms with Gasteiger partial charge in [-0.25, -0.2) is 4.39 Å². The van der Waals surface area contributed by atoms with Gasteiger partial charge in [0, 0.05) is 18.6 Å². The minimum atomic E-state index is -1.17. The van der Waals surface area contributed by atoms with E-state index in [0.29, 0.717) is 24.2 Å². The molecule has 2 fully saturated rings. The Bertz CT molecular complexity index is 750. The lowest BCUT2D eigenvalue weighted by molar-refractivity contribution is -0.102. The van der Waals surface area contributed by atoms with Crippen LogP contribution in [0.3, 0.4) is 0 Å². The van der Waals surface area contributed by atoms with Crippen molar-refractivity contribution in [1.29, 1.82) is 0 Å². The minimum Gasteiger partial charge on any atom is -0.496 e. The van der Waals surface area contributed by atoms with Gasteiger partial charge < -0.3 is 9.84 Å². The highest BCUT2D eigenvalue weighted by atomic mass is 19.1. The first kappa shape index (κ1) is 17.5. The van der Waals surface area contributed by atoms with Crippen LogP contribution >= 0.6 is 0 Å². The van der Waals surface area contributed by atoms with Crippen LogP contribution in [-0.2, 0) is 12.1 Å². The quantitative estimate of drug-likeness (QED) is 0.890. The number of rotatable bonds is 4. The number of methoxy groups -OCH3 is 1. The molecule has 0 aliphatic carbocycles. The molecule has 26 heavy (non-hydrogen) atoms. The number of hydrogen-bond acceptors (Lipinski definition) is 3. The Morgan fingerprint density at radius 3 is 2.42 bits per heavy atom. The van der Waals surface area contributed by atoms with Crippen molar-refractivity contribution in [2.24, 2.45) is 0 Å². The molecule has 2 aromatic carbocycles. The zero-order chi connectivity index (χ0) is 18.1. The molecule has 4 rings (SSSR count). The largest absolute Gasteiger partial charge is 0.496 e. The standard InChI is InChI=1S/C22H26FNO2/c1-26-20-12-6-11-19(23)21(20)22(25)13-17-9-5-10-18(14-22)24(17)15-16-7-3-2-4-8-16/h2-4,6-8,11-12,17-18,25H,5,9-10,13-15H2,1H3. The molecule has 0 radical (unpaired) electrons. The number of piperidine rings is 2. The van der Waals surface area contributed by atoms with Crippen molar-refractivity contribution in [3.8, 4) is 5.75 Å². The van der Waals surface area contributed by atoms with Gasteiger partial charge in [0.2, 0.25) is 0 Å². The SMILES string of the molecule is COc1cccc(F)c1C1(O)CC2CCCC(C1)N2Cc1ccccc1. The molecule has 2 unspecified atom stereocenters. The van der Waals surface area contributed by atoms with E-state index in [0.717, 1.165) is 19.4 Å². The Morgan fingerprint density at radius 1 is 1.08 bits per heavy atom. The van der Waals surface area contributed by atoms with Crippen molar-refractivity contribution in [2.75, 3.05) is 7.11 Å². The first-order valence-electron chi connectivity index (χ1n) is 9.46. The fourth-order valence-corrected chi connectivity index (χ4v) is 4.90. The summed E-state index contributed by atoms with van der Waals surface area (Å²) >= 11 is 0.